The Balaban J connectivity index is 1.83. The minimum Gasteiger partial charge on any atom is -0.381 e. The minimum atomic E-state index is 0.263. The molecule has 0 amide bonds. The Hall–Kier alpha value is 0.210. The molecule has 0 saturated carbocycles. The molecule has 2 nitrogen and oxygen atoms in total. The van der Waals surface area contributed by atoms with Gasteiger partial charge in [0.25, 0.3) is 0 Å². The topological polar surface area (TPSA) is 12.5 Å². The lowest BCUT2D eigenvalue weighted by Gasteiger charge is -2.42. The third-order valence-electron chi connectivity index (χ3n) is 3.72. The van der Waals surface area contributed by atoms with Crippen LogP contribution in [0.1, 0.15) is 26.7 Å². The van der Waals surface area contributed by atoms with Crippen LogP contribution in [0.4, 0.5) is 0 Å². The van der Waals surface area contributed by atoms with Gasteiger partial charge in [0.1, 0.15) is 0 Å². The lowest BCUT2D eigenvalue weighted by Crippen LogP contribution is -2.47. The Kier molecular flexibility index (Phi) is 3.59. The molecule has 0 bridgehead atoms. The van der Waals surface area contributed by atoms with Crippen molar-refractivity contribution in [2.45, 2.75) is 32.1 Å². The second-order valence-electron chi connectivity index (χ2n) is 5.71. The molecule has 0 radical (unpaired) electrons. The molecule has 0 aromatic rings. The Morgan fingerprint density at radius 3 is 2.80 bits per heavy atom. The van der Waals surface area contributed by atoms with Crippen molar-refractivity contribution >= 4 is 11.6 Å². The number of piperidine rings is 1. The van der Waals surface area contributed by atoms with Gasteiger partial charge in [-0.2, -0.15) is 0 Å². The standard InChI is InChI=1S/C12H22ClNO/c1-12(2)9-14(5-3-11(12)13)7-10-4-6-15-8-10/h10-11H,3-9H2,1-2H3. The number of nitrogens with zero attached hydrogens (tertiary/aromatic N) is 1. The number of alkyl halides is 1. The first kappa shape index (κ1) is 11.7. The van der Waals surface area contributed by atoms with E-state index < -0.39 is 0 Å². The average molecular weight is 232 g/mol. The van der Waals surface area contributed by atoms with E-state index in [1.165, 1.54) is 13.0 Å². The highest BCUT2D eigenvalue weighted by Gasteiger charge is 2.35. The van der Waals surface area contributed by atoms with Gasteiger partial charge >= 0.3 is 0 Å². The van der Waals surface area contributed by atoms with Gasteiger partial charge in [-0.3, -0.25) is 0 Å². The smallest absolute Gasteiger partial charge is 0.0507 e. The second-order valence-corrected chi connectivity index (χ2v) is 6.24. The van der Waals surface area contributed by atoms with Crippen LogP contribution in [0, 0.1) is 11.3 Å². The predicted octanol–water partition coefficient (Wildman–Crippen LogP) is 2.36. The fraction of sp³-hybridized carbons (Fsp3) is 1.00. The van der Waals surface area contributed by atoms with E-state index in [2.05, 4.69) is 18.7 Å². The molecule has 0 spiro atoms. The van der Waals surface area contributed by atoms with Gasteiger partial charge in [0.15, 0.2) is 0 Å². The monoisotopic (exact) mass is 231 g/mol. The first-order chi connectivity index (χ1) is 7.08. The fourth-order valence-electron chi connectivity index (χ4n) is 2.69. The van der Waals surface area contributed by atoms with E-state index in [9.17, 15) is 0 Å². The van der Waals surface area contributed by atoms with E-state index >= 15 is 0 Å². The van der Waals surface area contributed by atoms with Crippen LogP contribution in [0.2, 0.25) is 0 Å². The van der Waals surface area contributed by atoms with Crippen LogP contribution < -0.4 is 0 Å². The molecule has 0 N–H and O–H groups in total. The summed E-state index contributed by atoms with van der Waals surface area (Å²) in [6, 6.07) is 0. The molecule has 2 heterocycles. The summed E-state index contributed by atoms with van der Waals surface area (Å²) in [6.45, 7) is 9.98. The summed E-state index contributed by atoms with van der Waals surface area (Å²) in [4.78, 5) is 2.57. The lowest BCUT2D eigenvalue weighted by molar-refractivity contribution is 0.0994. The van der Waals surface area contributed by atoms with Gasteiger partial charge < -0.3 is 9.64 Å². The van der Waals surface area contributed by atoms with Gasteiger partial charge in [-0.05, 0) is 30.7 Å². The molecule has 0 aliphatic carbocycles. The van der Waals surface area contributed by atoms with Crippen molar-refractivity contribution in [3.63, 3.8) is 0 Å². The van der Waals surface area contributed by atoms with E-state index in [1.54, 1.807) is 0 Å². The molecule has 2 unspecified atom stereocenters. The van der Waals surface area contributed by atoms with Gasteiger partial charge in [0.2, 0.25) is 0 Å². The molecule has 3 heteroatoms. The van der Waals surface area contributed by atoms with Gasteiger partial charge in [-0.15, -0.1) is 11.6 Å². The third-order valence-corrected chi connectivity index (χ3v) is 4.53. The zero-order valence-electron chi connectivity index (χ0n) is 9.84. The summed E-state index contributed by atoms with van der Waals surface area (Å²) in [5.41, 5.74) is 0.263. The van der Waals surface area contributed by atoms with Crippen molar-refractivity contribution in [2.24, 2.45) is 11.3 Å². The van der Waals surface area contributed by atoms with Gasteiger partial charge in [0.05, 0.1) is 6.61 Å². The summed E-state index contributed by atoms with van der Waals surface area (Å²) >= 11 is 6.34. The van der Waals surface area contributed by atoms with Crippen molar-refractivity contribution in [2.75, 3.05) is 32.8 Å². The minimum absolute atomic E-state index is 0.263. The molecule has 2 atom stereocenters. The summed E-state index contributed by atoms with van der Waals surface area (Å²) in [6.07, 6.45) is 2.36. The van der Waals surface area contributed by atoms with Crippen LogP contribution in [0.25, 0.3) is 0 Å². The largest absolute Gasteiger partial charge is 0.381 e. The molecule has 0 aromatic heterocycles. The van der Waals surface area contributed by atoms with Gasteiger partial charge in [-0.1, -0.05) is 13.8 Å². The molecule has 2 aliphatic heterocycles. The molecule has 2 rings (SSSR count). The maximum absolute atomic E-state index is 6.34. The highest BCUT2D eigenvalue weighted by molar-refractivity contribution is 6.21. The van der Waals surface area contributed by atoms with Crippen LogP contribution in [0.5, 0.6) is 0 Å². The predicted molar refractivity (Wildman–Crippen MR) is 63.4 cm³/mol. The van der Waals surface area contributed by atoms with E-state index in [4.69, 9.17) is 16.3 Å². The van der Waals surface area contributed by atoms with Crippen molar-refractivity contribution < 1.29 is 4.74 Å². The Labute approximate surface area is 97.9 Å². The maximum Gasteiger partial charge on any atom is 0.0507 e. The molecule has 2 aliphatic rings. The van der Waals surface area contributed by atoms with E-state index in [0.717, 1.165) is 38.6 Å². The van der Waals surface area contributed by atoms with Gasteiger partial charge in [-0.25, -0.2) is 0 Å². The van der Waals surface area contributed by atoms with Crippen LogP contribution in [-0.4, -0.2) is 43.1 Å². The molecular formula is C12H22ClNO. The summed E-state index contributed by atoms with van der Waals surface area (Å²) in [5, 5.41) is 0.341. The van der Waals surface area contributed by atoms with E-state index in [-0.39, 0.29) is 5.41 Å². The van der Waals surface area contributed by atoms with Crippen LogP contribution in [0.3, 0.4) is 0 Å². The van der Waals surface area contributed by atoms with Crippen LogP contribution in [-0.2, 0) is 4.74 Å². The number of hydrogen-bond acceptors (Lipinski definition) is 2. The van der Waals surface area contributed by atoms with E-state index in [1.807, 2.05) is 0 Å². The average Bonchev–Trinajstić information content (AvgIpc) is 2.63. The fourth-order valence-corrected chi connectivity index (χ4v) is 2.86. The number of halogens is 1. The zero-order chi connectivity index (χ0) is 10.9. The van der Waals surface area contributed by atoms with Crippen molar-refractivity contribution in [3.05, 3.63) is 0 Å². The molecule has 0 aromatic carbocycles. The lowest BCUT2D eigenvalue weighted by atomic mass is 9.83. The Morgan fingerprint density at radius 2 is 2.20 bits per heavy atom. The molecule has 2 saturated heterocycles. The zero-order valence-corrected chi connectivity index (χ0v) is 10.6. The number of rotatable bonds is 2. The van der Waals surface area contributed by atoms with Crippen LogP contribution in [0.15, 0.2) is 0 Å². The first-order valence-electron chi connectivity index (χ1n) is 6.02. The van der Waals surface area contributed by atoms with Gasteiger partial charge in [0, 0.05) is 25.1 Å². The SMILES string of the molecule is CC1(C)CN(CC2CCOC2)CCC1Cl. The normalized spacial score (nSPS) is 37.0. The third kappa shape index (κ3) is 2.86. The first-order valence-corrected chi connectivity index (χ1v) is 6.46. The number of ether oxygens (including phenoxy) is 1. The molecule has 15 heavy (non-hydrogen) atoms. The Bertz CT molecular complexity index is 214. The molecular weight excluding hydrogens is 210 g/mol. The van der Waals surface area contributed by atoms with Crippen LogP contribution >= 0.6 is 11.6 Å². The number of likely N-dealkylation sites (tertiary alicyclic amines) is 1. The maximum atomic E-state index is 6.34. The summed E-state index contributed by atoms with van der Waals surface area (Å²) in [5.74, 6) is 0.757. The van der Waals surface area contributed by atoms with Crippen molar-refractivity contribution in [1.82, 2.24) is 4.90 Å². The van der Waals surface area contributed by atoms with E-state index in [0.29, 0.717) is 5.38 Å². The Morgan fingerprint density at radius 1 is 1.40 bits per heavy atom. The van der Waals surface area contributed by atoms with Crippen molar-refractivity contribution in [3.8, 4) is 0 Å². The highest BCUT2D eigenvalue weighted by atomic mass is 35.5. The second kappa shape index (κ2) is 4.60. The molecule has 2 fully saturated rings. The highest BCUT2D eigenvalue weighted by Crippen LogP contribution is 2.33. The summed E-state index contributed by atoms with van der Waals surface area (Å²) in [7, 11) is 0. The summed E-state index contributed by atoms with van der Waals surface area (Å²) < 4.78 is 5.42. The quantitative estimate of drug-likeness (QED) is 0.677. The molecule has 88 valence electrons. The van der Waals surface area contributed by atoms with Crippen molar-refractivity contribution in [1.29, 1.82) is 0 Å². The number of hydrogen-bond donors (Lipinski definition) is 0.